The van der Waals surface area contributed by atoms with Crippen LogP contribution in [-0.4, -0.2) is 28.3 Å². The molecule has 1 aliphatic rings. The van der Waals surface area contributed by atoms with Crippen LogP contribution in [0.2, 0.25) is 5.02 Å². The zero-order valence-corrected chi connectivity index (χ0v) is 12.8. The van der Waals surface area contributed by atoms with E-state index >= 15 is 0 Å². The van der Waals surface area contributed by atoms with Gasteiger partial charge < -0.3 is 4.74 Å². The second-order valence-corrected chi connectivity index (χ2v) is 5.75. The Labute approximate surface area is 133 Å². The number of aromatic nitrogens is 2. The third-order valence-electron chi connectivity index (χ3n) is 3.57. The van der Waals surface area contributed by atoms with Crippen LogP contribution in [0.1, 0.15) is 42.4 Å². The van der Waals surface area contributed by atoms with E-state index in [1.54, 1.807) is 0 Å². The molecule has 1 heterocycles. The van der Waals surface area contributed by atoms with Gasteiger partial charge in [0, 0.05) is 19.4 Å². The molecule has 0 spiro atoms. The quantitative estimate of drug-likeness (QED) is 0.598. The molecule has 10 heteroatoms. The molecule has 0 aliphatic heterocycles. The van der Waals surface area contributed by atoms with Gasteiger partial charge in [-0.2, -0.15) is 18.3 Å². The Morgan fingerprint density at radius 2 is 2.13 bits per heavy atom. The van der Waals surface area contributed by atoms with Gasteiger partial charge >= 0.3 is 12.1 Å². The molecule has 1 aliphatic carbocycles. The molecular weight excluding hydrogens is 347 g/mol. The van der Waals surface area contributed by atoms with Crippen LogP contribution in [-0.2, 0) is 17.5 Å². The van der Waals surface area contributed by atoms with Gasteiger partial charge in [0.05, 0.1) is 6.61 Å². The first kappa shape index (κ1) is 18.0. The largest absolute Gasteiger partial charge is 0.461 e. The molecule has 1 unspecified atom stereocenters. The highest BCUT2D eigenvalue weighted by molar-refractivity contribution is 6.34. The van der Waals surface area contributed by atoms with Gasteiger partial charge in [0.15, 0.2) is 11.4 Å². The predicted octanol–water partition coefficient (Wildman–Crippen LogP) is 4.17. The van der Waals surface area contributed by atoms with Crippen LogP contribution < -0.4 is 0 Å². The first-order valence-corrected chi connectivity index (χ1v) is 7.31. The minimum atomic E-state index is -4.86. The summed E-state index contributed by atoms with van der Waals surface area (Å²) in [5, 5.41) is 2.44. The van der Waals surface area contributed by atoms with Crippen molar-refractivity contribution in [3.05, 3.63) is 16.4 Å². The number of alkyl halides is 5. The Morgan fingerprint density at radius 3 is 2.61 bits per heavy atom. The highest BCUT2D eigenvalue weighted by atomic mass is 35.5. The second-order valence-electron chi connectivity index (χ2n) is 5.38. The summed E-state index contributed by atoms with van der Waals surface area (Å²) in [5.74, 6) is -4.50. The van der Waals surface area contributed by atoms with E-state index in [4.69, 9.17) is 11.6 Å². The minimum Gasteiger partial charge on any atom is -0.461 e. The number of carbonyl (C=O) groups is 1. The van der Waals surface area contributed by atoms with Crippen LogP contribution in [0.5, 0.6) is 0 Å². The molecule has 0 aromatic carbocycles. The van der Waals surface area contributed by atoms with Crippen molar-refractivity contribution in [1.82, 2.24) is 9.78 Å². The molecule has 130 valence electrons. The molecule has 1 saturated carbocycles. The van der Waals surface area contributed by atoms with Gasteiger partial charge in [-0.3, -0.25) is 4.68 Å². The second kappa shape index (κ2) is 6.26. The average molecular weight is 361 g/mol. The van der Waals surface area contributed by atoms with E-state index < -0.39 is 46.8 Å². The molecule has 1 atom stereocenters. The summed E-state index contributed by atoms with van der Waals surface area (Å²) in [6, 6.07) is 0. The number of rotatable bonds is 4. The minimum absolute atomic E-state index is 0.0663. The number of hydrogen-bond acceptors (Lipinski definition) is 3. The Kier molecular flexibility index (Phi) is 4.89. The maximum atomic E-state index is 13.2. The molecule has 23 heavy (non-hydrogen) atoms. The Hall–Kier alpha value is -1.38. The van der Waals surface area contributed by atoms with E-state index in [0.717, 1.165) is 4.68 Å². The van der Waals surface area contributed by atoms with Crippen molar-refractivity contribution in [2.45, 2.75) is 44.8 Å². The van der Waals surface area contributed by atoms with Crippen molar-refractivity contribution in [3.63, 3.8) is 0 Å². The Morgan fingerprint density at radius 1 is 1.48 bits per heavy atom. The predicted molar refractivity (Wildman–Crippen MR) is 70.5 cm³/mol. The van der Waals surface area contributed by atoms with Crippen molar-refractivity contribution in [2.24, 2.45) is 5.92 Å². The van der Waals surface area contributed by atoms with Gasteiger partial charge in [0.2, 0.25) is 5.92 Å². The van der Waals surface area contributed by atoms with E-state index in [2.05, 4.69) is 9.84 Å². The number of nitrogens with zero attached hydrogens (tertiary/aromatic N) is 2. The third kappa shape index (κ3) is 3.94. The lowest BCUT2D eigenvalue weighted by Gasteiger charge is -2.13. The molecule has 0 N–H and O–H groups in total. The van der Waals surface area contributed by atoms with Gasteiger partial charge in [0.25, 0.3) is 0 Å². The fraction of sp³-hybridized carbons (Fsp3) is 0.692. The van der Waals surface area contributed by atoms with Crippen molar-refractivity contribution in [3.8, 4) is 0 Å². The average Bonchev–Trinajstić information content (AvgIpc) is 2.90. The number of halogens is 6. The fourth-order valence-corrected chi connectivity index (χ4v) is 2.91. The van der Waals surface area contributed by atoms with E-state index in [1.807, 2.05) is 0 Å². The standard InChI is InChI=1S/C13H14ClF5N2O2/c1-2-23-11(22)9-8(14)10(13(17,18)19)20-21(9)6-7-3-4-12(15,16)5-7/h7H,2-6H2,1H3. The maximum Gasteiger partial charge on any atom is 0.436 e. The van der Waals surface area contributed by atoms with Crippen molar-refractivity contribution in [2.75, 3.05) is 6.61 Å². The first-order chi connectivity index (χ1) is 10.5. The molecule has 0 bridgehead atoms. The monoisotopic (exact) mass is 360 g/mol. The van der Waals surface area contributed by atoms with Gasteiger partial charge in [-0.25, -0.2) is 13.6 Å². The smallest absolute Gasteiger partial charge is 0.436 e. The molecule has 1 fully saturated rings. The first-order valence-electron chi connectivity index (χ1n) is 6.93. The van der Waals surface area contributed by atoms with Crippen LogP contribution >= 0.6 is 11.6 Å². The zero-order chi connectivity index (χ0) is 17.4. The van der Waals surface area contributed by atoms with Crippen molar-refractivity contribution >= 4 is 17.6 Å². The summed E-state index contributed by atoms with van der Waals surface area (Å²) in [6.45, 7) is 1.16. The van der Waals surface area contributed by atoms with E-state index in [-0.39, 0.29) is 26.0 Å². The molecule has 1 aromatic heterocycles. The summed E-state index contributed by atoms with van der Waals surface area (Å²) in [5.41, 5.74) is -1.98. The van der Waals surface area contributed by atoms with Crippen molar-refractivity contribution in [1.29, 1.82) is 0 Å². The van der Waals surface area contributed by atoms with E-state index in [0.29, 0.717) is 0 Å². The van der Waals surface area contributed by atoms with Crippen LogP contribution in [0.3, 0.4) is 0 Å². The Balaban J connectivity index is 2.35. The van der Waals surface area contributed by atoms with Crippen molar-refractivity contribution < 1.29 is 31.5 Å². The molecule has 0 saturated heterocycles. The van der Waals surface area contributed by atoms with Gasteiger partial charge in [-0.1, -0.05) is 11.6 Å². The SMILES string of the molecule is CCOC(=O)c1c(Cl)c(C(F)(F)F)nn1CC1CCC(F)(F)C1. The normalized spacial score (nSPS) is 20.7. The van der Waals surface area contributed by atoms with Gasteiger partial charge in [-0.15, -0.1) is 0 Å². The fourth-order valence-electron chi connectivity index (χ4n) is 2.59. The summed E-state index contributed by atoms with van der Waals surface area (Å²) in [6.07, 6.45) is -5.53. The number of hydrogen-bond donors (Lipinski definition) is 0. The van der Waals surface area contributed by atoms with Gasteiger partial charge in [0.1, 0.15) is 5.02 Å². The molecular formula is C13H14ClF5N2O2. The zero-order valence-electron chi connectivity index (χ0n) is 12.1. The van der Waals surface area contributed by atoms with Crippen LogP contribution in [0.4, 0.5) is 22.0 Å². The summed E-state index contributed by atoms with van der Waals surface area (Å²) in [4.78, 5) is 11.8. The number of carbonyl (C=O) groups excluding carboxylic acids is 1. The lowest BCUT2D eigenvalue weighted by molar-refractivity contribution is -0.141. The lowest BCUT2D eigenvalue weighted by Crippen LogP contribution is -2.19. The highest BCUT2D eigenvalue weighted by Gasteiger charge is 2.43. The summed E-state index contributed by atoms with van der Waals surface area (Å²) in [7, 11) is 0. The number of esters is 1. The topological polar surface area (TPSA) is 44.1 Å². The third-order valence-corrected chi connectivity index (χ3v) is 3.93. The van der Waals surface area contributed by atoms with E-state index in [9.17, 15) is 26.7 Å². The molecule has 0 amide bonds. The Bertz CT molecular complexity index is 600. The molecule has 4 nitrogen and oxygen atoms in total. The van der Waals surface area contributed by atoms with Crippen LogP contribution in [0, 0.1) is 5.92 Å². The lowest BCUT2D eigenvalue weighted by atomic mass is 10.1. The van der Waals surface area contributed by atoms with Crippen LogP contribution in [0.25, 0.3) is 0 Å². The van der Waals surface area contributed by atoms with E-state index in [1.165, 1.54) is 6.92 Å². The molecule has 2 rings (SSSR count). The van der Waals surface area contributed by atoms with Crippen LogP contribution in [0.15, 0.2) is 0 Å². The number of ether oxygens (including phenoxy) is 1. The van der Waals surface area contributed by atoms with Gasteiger partial charge in [-0.05, 0) is 19.3 Å². The maximum absolute atomic E-state index is 13.2. The summed E-state index contributed by atoms with van der Waals surface area (Å²) < 4.78 is 70.5. The molecule has 1 aromatic rings. The highest BCUT2D eigenvalue weighted by Crippen LogP contribution is 2.41. The summed E-state index contributed by atoms with van der Waals surface area (Å²) >= 11 is 5.63. The molecule has 0 radical (unpaired) electrons.